The molecule has 1 N–H and O–H groups in total. The van der Waals surface area contributed by atoms with Gasteiger partial charge in [0.1, 0.15) is 17.3 Å². The summed E-state index contributed by atoms with van der Waals surface area (Å²) in [7, 11) is 0. The molecular weight excluding hydrogens is 226 g/mol. The van der Waals surface area contributed by atoms with Gasteiger partial charge in [-0.25, -0.2) is 8.78 Å². The highest BCUT2D eigenvalue weighted by Gasteiger charge is 2.20. The van der Waals surface area contributed by atoms with Crippen molar-refractivity contribution in [3.8, 4) is 11.3 Å². The molecular formula is C12H10F2N2O. The lowest BCUT2D eigenvalue weighted by atomic mass is 10.0. The minimum Gasteiger partial charge on any atom is -0.376 e. The second-order valence-electron chi connectivity index (χ2n) is 3.96. The van der Waals surface area contributed by atoms with Crippen molar-refractivity contribution in [3.05, 3.63) is 41.1 Å². The van der Waals surface area contributed by atoms with Gasteiger partial charge in [0.25, 0.3) is 0 Å². The molecule has 88 valence electrons. The van der Waals surface area contributed by atoms with E-state index in [9.17, 15) is 8.78 Å². The standard InChI is InChI=1S/C12H10F2N2O/c13-7-1-2-8(10(14)5-7)12-9-6-17-4-3-11(9)15-16-12/h1-2,5H,3-4,6H2,(H,15,16). The molecule has 0 bridgehead atoms. The molecule has 0 atom stereocenters. The van der Waals surface area contributed by atoms with Crippen LogP contribution >= 0.6 is 0 Å². The molecule has 0 saturated heterocycles. The first-order chi connectivity index (χ1) is 8.25. The molecule has 1 aliphatic heterocycles. The molecule has 1 aromatic heterocycles. The number of aromatic amines is 1. The highest BCUT2D eigenvalue weighted by molar-refractivity contribution is 5.64. The smallest absolute Gasteiger partial charge is 0.135 e. The fourth-order valence-corrected chi connectivity index (χ4v) is 2.02. The lowest BCUT2D eigenvalue weighted by molar-refractivity contribution is 0.110. The van der Waals surface area contributed by atoms with Crippen LogP contribution < -0.4 is 0 Å². The summed E-state index contributed by atoms with van der Waals surface area (Å²) in [5, 5.41) is 6.97. The van der Waals surface area contributed by atoms with Crippen LogP contribution in [0.25, 0.3) is 11.3 Å². The first-order valence-corrected chi connectivity index (χ1v) is 5.35. The van der Waals surface area contributed by atoms with E-state index in [4.69, 9.17) is 4.74 Å². The Morgan fingerprint density at radius 2 is 2.18 bits per heavy atom. The summed E-state index contributed by atoms with van der Waals surface area (Å²) in [6.45, 7) is 1.05. The molecule has 0 fully saturated rings. The van der Waals surface area contributed by atoms with E-state index in [0.717, 1.165) is 23.7 Å². The van der Waals surface area contributed by atoms with Crippen molar-refractivity contribution in [2.24, 2.45) is 0 Å². The molecule has 0 spiro atoms. The zero-order chi connectivity index (χ0) is 11.8. The van der Waals surface area contributed by atoms with E-state index in [1.807, 2.05) is 0 Å². The Labute approximate surface area is 96.4 Å². The van der Waals surface area contributed by atoms with Gasteiger partial charge >= 0.3 is 0 Å². The van der Waals surface area contributed by atoms with Crippen molar-refractivity contribution in [2.45, 2.75) is 13.0 Å². The molecule has 2 heterocycles. The van der Waals surface area contributed by atoms with Gasteiger partial charge in [0.2, 0.25) is 0 Å². The predicted octanol–water partition coefficient (Wildman–Crippen LogP) is 2.43. The van der Waals surface area contributed by atoms with Crippen LogP contribution in [0.3, 0.4) is 0 Å². The number of nitrogens with zero attached hydrogens (tertiary/aromatic N) is 1. The van der Waals surface area contributed by atoms with Crippen LogP contribution in [0.1, 0.15) is 11.3 Å². The zero-order valence-electron chi connectivity index (χ0n) is 8.96. The van der Waals surface area contributed by atoms with Crippen molar-refractivity contribution in [2.75, 3.05) is 6.61 Å². The quantitative estimate of drug-likeness (QED) is 0.825. The minimum absolute atomic E-state index is 0.300. The van der Waals surface area contributed by atoms with Crippen molar-refractivity contribution >= 4 is 0 Å². The molecule has 0 saturated carbocycles. The number of hydrogen-bond donors (Lipinski definition) is 1. The summed E-state index contributed by atoms with van der Waals surface area (Å²) >= 11 is 0. The predicted molar refractivity (Wildman–Crippen MR) is 57.3 cm³/mol. The van der Waals surface area contributed by atoms with Crippen LogP contribution in [0.15, 0.2) is 18.2 Å². The third-order valence-corrected chi connectivity index (χ3v) is 2.88. The molecule has 2 aromatic rings. The van der Waals surface area contributed by atoms with Gasteiger partial charge in [-0.1, -0.05) is 0 Å². The summed E-state index contributed by atoms with van der Waals surface area (Å²) in [4.78, 5) is 0. The minimum atomic E-state index is -0.607. The Kier molecular flexibility index (Phi) is 2.40. The summed E-state index contributed by atoms with van der Waals surface area (Å²) < 4.78 is 31.8. The second kappa shape index (κ2) is 3.92. The van der Waals surface area contributed by atoms with Crippen molar-refractivity contribution < 1.29 is 13.5 Å². The molecule has 0 amide bonds. The number of rotatable bonds is 1. The Bertz CT molecular complexity index is 566. The van der Waals surface area contributed by atoms with Crippen LogP contribution in [-0.2, 0) is 17.8 Å². The van der Waals surface area contributed by atoms with E-state index in [0.29, 0.717) is 24.5 Å². The topological polar surface area (TPSA) is 37.9 Å². The Morgan fingerprint density at radius 1 is 1.29 bits per heavy atom. The number of benzene rings is 1. The molecule has 5 heteroatoms. The summed E-state index contributed by atoms with van der Waals surface area (Å²) in [6, 6.07) is 3.49. The molecule has 1 aliphatic rings. The monoisotopic (exact) mass is 236 g/mol. The van der Waals surface area contributed by atoms with Gasteiger partial charge < -0.3 is 4.74 Å². The van der Waals surface area contributed by atoms with Crippen LogP contribution in [-0.4, -0.2) is 16.8 Å². The van der Waals surface area contributed by atoms with Crippen molar-refractivity contribution in [1.29, 1.82) is 0 Å². The van der Waals surface area contributed by atoms with Crippen LogP contribution in [0.5, 0.6) is 0 Å². The zero-order valence-corrected chi connectivity index (χ0v) is 8.96. The van der Waals surface area contributed by atoms with E-state index in [1.165, 1.54) is 12.1 Å². The fraction of sp³-hybridized carbons (Fsp3) is 0.250. The Hall–Kier alpha value is -1.75. The first kappa shape index (κ1) is 10.4. The van der Waals surface area contributed by atoms with Gasteiger partial charge in [-0.2, -0.15) is 5.10 Å². The fourth-order valence-electron chi connectivity index (χ4n) is 2.02. The van der Waals surface area contributed by atoms with E-state index in [-0.39, 0.29) is 0 Å². The third-order valence-electron chi connectivity index (χ3n) is 2.88. The number of ether oxygens (including phenoxy) is 1. The van der Waals surface area contributed by atoms with Crippen molar-refractivity contribution in [1.82, 2.24) is 10.2 Å². The normalized spacial score (nSPS) is 14.7. The summed E-state index contributed by atoms with van der Waals surface area (Å²) in [6.07, 6.45) is 0.741. The van der Waals surface area contributed by atoms with Gasteiger partial charge in [0.05, 0.1) is 13.2 Å². The average molecular weight is 236 g/mol. The number of halogens is 2. The number of hydrogen-bond acceptors (Lipinski definition) is 2. The van der Waals surface area contributed by atoms with Crippen LogP contribution in [0.2, 0.25) is 0 Å². The average Bonchev–Trinajstić information content (AvgIpc) is 2.73. The molecule has 3 rings (SSSR count). The summed E-state index contributed by atoms with van der Waals surface area (Å²) in [5.41, 5.74) is 2.64. The number of H-pyrrole nitrogens is 1. The Morgan fingerprint density at radius 3 is 3.00 bits per heavy atom. The van der Waals surface area contributed by atoms with E-state index >= 15 is 0 Å². The molecule has 1 aromatic carbocycles. The maximum atomic E-state index is 13.6. The maximum Gasteiger partial charge on any atom is 0.135 e. The van der Waals surface area contributed by atoms with E-state index < -0.39 is 11.6 Å². The second-order valence-corrected chi connectivity index (χ2v) is 3.96. The van der Waals surface area contributed by atoms with Crippen LogP contribution in [0, 0.1) is 11.6 Å². The van der Waals surface area contributed by atoms with E-state index in [1.54, 1.807) is 0 Å². The first-order valence-electron chi connectivity index (χ1n) is 5.35. The Balaban J connectivity index is 2.12. The number of fused-ring (bicyclic) bond motifs is 1. The van der Waals surface area contributed by atoms with Gasteiger partial charge in [-0.3, -0.25) is 5.10 Å². The number of aromatic nitrogens is 2. The molecule has 0 radical (unpaired) electrons. The summed E-state index contributed by atoms with van der Waals surface area (Å²) in [5.74, 6) is -1.20. The largest absolute Gasteiger partial charge is 0.376 e. The SMILES string of the molecule is Fc1ccc(-c2n[nH]c3c2COCC3)c(F)c1. The lowest BCUT2D eigenvalue weighted by Crippen LogP contribution is -2.09. The highest BCUT2D eigenvalue weighted by atomic mass is 19.1. The molecule has 3 nitrogen and oxygen atoms in total. The molecule has 0 unspecified atom stereocenters. The molecule has 17 heavy (non-hydrogen) atoms. The van der Waals surface area contributed by atoms with Crippen LogP contribution in [0.4, 0.5) is 8.78 Å². The van der Waals surface area contributed by atoms with Crippen molar-refractivity contribution in [3.63, 3.8) is 0 Å². The number of nitrogens with one attached hydrogen (secondary N) is 1. The van der Waals surface area contributed by atoms with Gasteiger partial charge in [-0.05, 0) is 12.1 Å². The van der Waals surface area contributed by atoms with Gasteiger partial charge in [-0.15, -0.1) is 0 Å². The maximum absolute atomic E-state index is 13.6. The van der Waals surface area contributed by atoms with Gasteiger partial charge in [0.15, 0.2) is 0 Å². The van der Waals surface area contributed by atoms with E-state index in [2.05, 4.69) is 10.2 Å². The van der Waals surface area contributed by atoms with Gasteiger partial charge in [0, 0.05) is 29.3 Å². The highest BCUT2D eigenvalue weighted by Crippen LogP contribution is 2.29. The third kappa shape index (κ3) is 1.72. The molecule has 0 aliphatic carbocycles. The lowest BCUT2D eigenvalue weighted by Gasteiger charge is -2.12.